The number of hydrogen-bond acceptors (Lipinski definition) is 4. The molecule has 1 aromatic carbocycles. The summed E-state index contributed by atoms with van der Waals surface area (Å²) >= 11 is 0. The van der Waals surface area contributed by atoms with Gasteiger partial charge in [-0.15, -0.1) is 0 Å². The van der Waals surface area contributed by atoms with E-state index >= 15 is 0 Å². The lowest BCUT2D eigenvalue weighted by molar-refractivity contribution is -0.139. The topological polar surface area (TPSA) is 107 Å². The summed E-state index contributed by atoms with van der Waals surface area (Å²) in [6, 6.07) is 7.30. The van der Waals surface area contributed by atoms with Gasteiger partial charge in [0.2, 0.25) is 0 Å². The Balaban J connectivity index is 2.48. The van der Waals surface area contributed by atoms with Crippen LogP contribution in [0.3, 0.4) is 0 Å². The highest BCUT2D eigenvalue weighted by atomic mass is 16.4. The molecule has 0 heterocycles. The fourth-order valence-corrected chi connectivity index (χ4v) is 2.31. The first kappa shape index (κ1) is 19.1. The zero-order valence-electron chi connectivity index (χ0n) is 13.5. The lowest BCUT2D eigenvalue weighted by Gasteiger charge is -2.15. The highest BCUT2D eigenvalue weighted by Crippen LogP contribution is 2.11. The molecule has 0 saturated heterocycles. The van der Waals surface area contributed by atoms with E-state index in [1.54, 1.807) is 6.07 Å². The molecule has 1 rings (SSSR count). The lowest BCUT2D eigenvalue weighted by Crippen LogP contribution is -2.34. The minimum Gasteiger partial charge on any atom is -0.481 e. The number of amides is 1. The number of hydrogen-bond donors (Lipinski definition) is 4. The third-order valence-electron chi connectivity index (χ3n) is 3.29. The van der Waals surface area contributed by atoms with Crippen molar-refractivity contribution in [3.63, 3.8) is 0 Å². The number of aliphatic hydroxyl groups excluding tert-OH is 2. The van der Waals surface area contributed by atoms with Gasteiger partial charge in [-0.1, -0.05) is 26.0 Å². The predicted octanol–water partition coefficient (Wildman–Crippen LogP) is 1.20. The monoisotopic (exact) mass is 323 g/mol. The summed E-state index contributed by atoms with van der Waals surface area (Å²) in [4.78, 5) is 22.5. The molecule has 4 N–H and O–H groups in total. The number of rotatable bonds is 9. The third kappa shape index (κ3) is 7.76. The van der Waals surface area contributed by atoms with Gasteiger partial charge in [0.05, 0.1) is 18.6 Å². The van der Waals surface area contributed by atoms with Crippen LogP contribution >= 0.6 is 0 Å². The van der Waals surface area contributed by atoms with Crippen LogP contribution in [-0.4, -0.2) is 45.9 Å². The molecule has 0 radical (unpaired) electrons. The molecule has 0 bridgehead atoms. The normalized spacial score (nSPS) is 13.6. The number of benzene rings is 1. The fourth-order valence-electron chi connectivity index (χ4n) is 2.31. The minimum atomic E-state index is -1.13. The van der Waals surface area contributed by atoms with Crippen molar-refractivity contribution in [3.05, 3.63) is 35.4 Å². The maximum atomic E-state index is 12.1. The number of carbonyl (C=O) groups is 2. The van der Waals surface area contributed by atoms with E-state index in [0.29, 0.717) is 11.5 Å². The average molecular weight is 323 g/mol. The van der Waals surface area contributed by atoms with E-state index in [1.165, 1.54) is 0 Å². The lowest BCUT2D eigenvalue weighted by atomic mass is 10.0. The molecular formula is C17H25NO5. The number of aliphatic hydroxyl groups is 2. The second kappa shape index (κ2) is 9.27. The molecule has 0 unspecified atom stereocenters. The van der Waals surface area contributed by atoms with Gasteiger partial charge in [-0.2, -0.15) is 0 Å². The van der Waals surface area contributed by atoms with Crippen molar-refractivity contribution >= 4 is 11.9 Å². The van der Waals surface area contributed by atoms with Crippen molar-refractivity contribution in [1.82, 2.24) is 5.32 Å². The molecule has 0 aliphatic carbocycles. The molecule has 1 aromatic rings. The van der Waals surface area contributed by atoms with Crippen LogP contribution in [0.2, 0.25) is 0 Å². The Labute approximate surface area is 136 Å². The Hall–Kier alpha value is -1.92. The molecule has 23 heavy (non-hydrogen) atoms. The molecule has 128 valence electrons. The van der Waals surface area contributed by atoms with Gasteiger partial charge >= 0.3 is 5.97 Å². The Morgan fingerprint density at radius 3 is 2.48 bits per heavy atom. The van der Waals surface area contributed by atoms with Crippen LogP contribution in [0.5, 0.6) is 0 Å². The molecule has 6 heteroatoms. The summed E-state index contributed by atoms with van der Waals surface area (Å²) in [5.74, 6) is -0.941. The van der Waals surface area contributed by atoms with Gasteiger partial charge in [-0.25, -0.2) is 0 Å². The van der Waals surface area contributed by atoms with Crippen LogP contribution in [0.25, 0.3) is 0 Å². The van der Waals surface area contributed by atoms with E-state index in [2.05, 4.69) is 19.2 Å². The van der Waals surface area contributed by atoms with E-state index < -0.39 is 24.6 Å². The quantitative estimate of drug-likeness (QED) is 0.546. The Morgan fingerprint density at radius 2 is 1.87 bits per heavy atom. The van der Waals surface area contributed by atoms with Crippen molar-refractivity contribution in [2.45, 2.75) is 45.3 Å². The molecule has 0 saturated carbocycles. The highest BCUT2D eigenvalue weighted by Gasteiger charge is 2.16. The van der Waals surface area contributed by atoms with Crippen LogP contribution in [0.4, 0.5) is 0 Å². The Kier molecular flexibility index (Phi) is 7.71. The van der Waals surface area contributed by atoms with Crippen LogP contribution in [0.1, 0.15) is 42.6 Å². The zero-order chi connectivity index (χ0) is 17.4. The molecule has 2 atom stereocenters. The second-order valence-electron chi connectivity index (χ2n) is 6.15. The molecule has 0 aromatic heterocycles. The molecule has 0 aliphatic heterocycles. The number of carboxylic acid groups (broad SMARTS) is 1. The highest BCUT2D eigenvalue weighted by molar-refractivity contribution is 5.94. The largest absolute Gasteiger partial charge is 0.481 e. The summed E-state index contributed by atoms with van der Waals surface area (Å²) in [7, 11) is 0. The van der Waals surface area contributed by atoms with Gasteiger partial charge in [0, 0.05) is 18.5 Å². The summed E-state index contributed by atoms with van der Waals surface area (Å²) < 4.78 is 0. The fraction of sp³-hybridized carbons (Fsp3) is 0.529. The first-order valence-corrected chi connectivity index (χ1v) is 7.73. The molecule has 0 fully saturated rings. The van der Waals surface area contributed by atoms with Crippen LogP contribution in [0, 0.1) is 5.92 Å². The van der Waals surface area contributed by atoms with E-state index in [0.717, 1.165) is 12.0 Å². The van der Waals surface area contributed by atoms with Crippen LogP contribution in [0.15, 0.2) is 24.3 Å². The summed E-state index contributed by atoms with van der Waals surface area (Å²) in [5.41, 5.74) is 1.59. The molecular weight excluding hydrogens is 298 g/mol. The molecule has 1 amide bonds. The second-order valence-corrected chi connectivity index (χ2v) is 6.15. The summed E-state index contributed by atoms with van der Waals surface area (Å²) in [5, 5.41) is 30.3. The number of carboxylic acids is 1. The standard InChI is InChI=1S/C17H25NO5/c1-11(2)6-12-4-3-5-13(7-12)17(23)18-10-15(20)8-14(19)9-16(21)22/h3-5,7,11,14-15,19-20H,6,8-10H2,1-2H3,(H,18,23)(H,21,22)/t14-,15+/m1/s1. The minimum absolute atomic E-state index is 0.0378. The Morgan fingerprint density at radius 1 is 1.17 bits per heavy atom. The number of aliphatic carboxylic acids is 1. The van der Waals surface area contributed by atoms with Gasteiger partial charge < -0.3 is 20.6 Å². The van der Waals surface area contributed by atoms with Crippen molar-refractivity contribution < 1.29 is 24.9 Å². The van der Waals surface area contributed by atoms with E-state index in [9.17, 15) is 19.8 Å². The van der Waals surface area contributed by atoms with Crippen molar-refractivity contribution in [2.75, 3.05) is 6.54 Å². The smallest absolute Gasteiger partial charge is 0.305 e. The first-order valence-electron chi connectivity index (χ1n) is 7.73. The van der Waals surface area contributed by atoms with Crippen LogP contribution in [-0.2, 0) is 11.2 Å². The van der Waals surface area contributed by atoms with Crippen LogP contribution < -0.4 is 5.32 Å². The SMILES string of the molecule is CC(C)Cc1cccc(C(=O)NC[C@@H](O)C[C@@H](O)CC(=O)O)c1. The molecule has 6 nitrogen and oxygen atoms in total. The van der Waals surface area contributed by atoms with Crippen molar-refractivity contribution in [1.29, 1.82) is 0 Å². The van der Waals surface area contributed by atoms with Gasteiger partial charge in [0.1, 0.15) is 0 Å². The van der Waals surface area contributed by atoms with Gasteiger partial charge in [-0.05, 0) is 30.0 Å². The number of carbonyl (C=O) groups excluding carboxylic acids is 1. The predicted molar refractivity (Wildman–Crippen MR) is 86.2 cm³/mol. The third-order valence-corrected chi connectivity index (χ3v) is 3.29. The molecule has 0 aliphatic rings. The van der Waals surface area contributed by atoms with Crippen molar-refractivity contribution in [3.8, 4) is 0 Å². The van der Waals surface area contributed by atoms with Gasteiger partial charge in [0.25, 0.3) is 5.91 Å². The summed E-state index contributed by atoms with van der Waals surface area (Å²) in [6.45, 7) is 4.17. The maximum Gasteiger partial charge on any atom is 0.305 e. The first-order chi connectivity index (χ1) is 10.8. The zero-order valence-corrected chi connectivity index (χ0v) is 13.5. The van der Waals surface area contributed by atoms with Crippen molar-refractivity contribution in [2.24, 2.45) is 5.92 Å². The number of nitrogens with one attached hydrogen (secondary N) is 1. The van der Waals surface area contributed by atoms with E-state index in [4.69, 9.17) is 5.11 Å². The van der Waals surface area contributed by atoms with E-state index in [1.807, 2.05) is 18.2 Å². The van der Waals surface area contributed by atoms with E-state index in [-0.39, 0.29) is 18.9 Å². The average Bonchev–Trinajstić information content (AvgIpc) is 2.43. The van der Waals surface area contributed by atoms with Gasteiger partial charge in [-0.3, -0.25) is 9.59 Å². The Bertz CT molecular complexity index is 529. The molecule has 0 spiro atoms. The maximum absolute atomic E-state index is 12.1. The van der Waals surface area contributed by atoms with Gasteiger partial charge in [0.15, 0.2) is 0 Å². The summed E-state index contributed by atoms with van der Waals surface area (Å²) in [6.07, 6.45) is -1.77.